The Morgan fingerprint density at radius 1 is 1.04 bits per heavy atom. The fourth-order valence-electron chi connectivity index (χ4n) is 3.13. The number of hydrazone groups is 1. The first-order valence-electron chi connectivity index (χ1n) is 7.39. The minimum absolute atomic E-state index is 0.133. The van der Waals surface area contributed by atoms with Crippen LogP contribution in [0.3, 0.4) is 0 Å². The molecular weight excluding hydrogens is 414 g/mol. The van der Waals surface area contributed by atoms with Crippen LogP contribution in [0.5, 0.6) is 0 Å². The van der Waals surface area contributed by atoms with Gasteiger partial charge in [-0.15, -0.1) is 4.68 Å². The van der Waals surface area contributed by atoms with E-state index in [1.807, 2.05) is 0 Å². The van der Waals surface area contributed by atoms with Crippen molar-refractivity contribution >= 4 is 25.4 Å². The summed E-state index contributed by atoms with van der Waals surface area (Å²) in [5.41, 5.74) is -13.5. The smallest absolute Gasteiger partial charge is 0.217 e. The van der Waals surface area contributed by atoms with E-state index in [0.29, 0.717) is 26.7 Å². The quantitative estimate of drug-likeness (QED) is 0.490. The molecule has 0 fully saturated rings. The lowest BCUT2D eigenvalue weighted by Crippen LogP contribution is -2.65. The maximum Gasteiger partial charge on any atom is 0.499 e. The number of sulfone groups is 2. The van der Waals surface area contributed by atoms with Crippen LogP contribution in [0.1, 0.15) is 33.6 Å². The van der Waals surface area contributed by atoms with Gasteiger partial charge in [0.2, 0.25) is 5.71 Å². The Kier molecular flexibility index (Phi) is 5.77. The zero-order valence-electron chi connectivity index (χ0n) is 14.3. The van der Waals surface area contributed by atoms with Gasteiger partial charge in [-0.3, -0.25) is 0 Å². The molecule has 0 saturated heterocycles. The molecule has 0 aromatic heterocycles. The standard InChI is InChI=1S/C12H19F6N2O4S2/c1-5-6-7-20-9(3)10(8(2)19(20)4,25(21,22)11(13,14)15)26(23,24)12(16,17)18/h8H,5-7H2,1-4H3/q+1. The van der Waals surface area contributed by atoms with Crippen molar-refractivity contribution in [1.82, 2.24) is 5.01 Å². The number of unbranched alkanes of at least 4 members (excludes halogenated alkanes) is 1. The SMILES string of the molecule is CCCC[N+]1=C(C)C(S(=O)(=O)C(F)(F)F)(S(=O)(=O)C(F)(F)F)C(C)N1C. The fourth-order valence-corrected chi connectivity index (χ4v) is 7.74. The molecule has 0 amide bonds. The van der Waals surface area contributed by atoms with Crippen LogP contribution in [0.4, 0.5) is 26.3 Å². The summed E-state index contributed by atoms with van der Waals surface area (Å²) in [5, 5.41) is 0.789. The van der Waals surface area contributed by atoms with E-state index in [1.165, 1.54) is 0 Å². The molecule has 26 heavy (non-hydrogen) atoms. The molecule has 1 heterocycles. The number of alkyl halides is 6. The van der Waals surface area contributed by atoms with Gasteiger partial charge in [0.05, 0.1) is 7.05 Å². The van der Waals surface area contributed by atoms with Gasteiger partial charge in [-0.1, -0.05) is 13.3 Å². The summed E-state index contributed by atoms with van der Waals surface area (Å²) in [7, 11) is -12.5. The van der Waals surface area contributed by atoms with E-state index >= 15 is 0 Å². The van der Waals surface area contributed by atoms with Crippen LogP contribution in [-0.4, -0.2) is 67.0 Å². The molecule has 154 valence electrons. The monoisotopic (exact) mass is 433 g/mol. The van der Waals surface area contributed by atoms with E-state index in [9.17, 15) is 43.2 Å². The van der Waals surface area contributed by atoms with E-state index in [4.69, 9.17) is 0 Å². The lowest BCUT2D eigenvalue weighted by atomic mass is 10.2. The second-order valence-corrected chi connectivity index (χ2v) is 10.4. The van der Waals surface area contributed by atoms with Crippen LogP contribution in [0.15, 0.2) is 0 Å². The zero-order chi connectivity index (χ0) is 20.9. The van der Waals surface area contributed by atoms with Gasteiger partial charge in [0.1, 0.15) is 6.04 Å². The van der Waals surface area contributed by atoms with Crippen LogP contribution in [0.25, 0.3) is 0 Å². The number of hydrogen-bond donors (Lipinski definition) is 0. The summed E-state index contributed by atoms with van der Waals surface area (Å²) >= 11 is 0. The third-order valence-corrected chi connectivity index (χ3v) is 9.92. The predicted octanol–water partition coefficient (Wildman–Crippen LogP) is 2.07. The molecule has 1 atom stereocenters. The fraction of sp³-hybridized carbons (Fsp3) is 0.917. The van der Waals surface area contributed by atoms with Crippen molar-refractivity contribution in [2.24, 2.45) is 0 Å². The van der Waals surface area contributed by atoms with E-state index in [1.54, 1.807) is 6.92 Å². The maximum atomic E-state index is 13.2. The minimum Gasteiger partial charge on any atom is -0.217 e. The molecule has 0 saturated carbocycles. The first-order valence-corrected chi connectivity index (χ1v) is 10.4. The average molecular weight is 433 g/mol. The summed E-state index contributed by atoms with van der Waals surface area (Å²) in [6.07, 6.45) is 0.791. The van der Waals surface area contributed by atoms with E-state index in [2.05, 4.69) is 0 Å². The summed E-state index contributed by atoms with van der Waals surface area (Å²) in [6.45, 7) is 2.94. The topological polar surface area (TPSA) is 74.5 Å². The average Bonchev–Trinajstić information content (AvgIpc) is 2.63. The molecule has 1 aliphatic heterocycles. The Morgan fingerprint density at radius 2 is 1.42 bits per heavy atom. The molecule has 14 heteroatoms. The minimum atomic E-state index is -6.80. The molecule has 1 aliphatic rings. The number of hydrogen-bond acceptors (Lipinski definition) is 5. The van der Waals surface area contributed by atoms with Gasteiger partial charge in [-0.2, -0.15) is 31.4 Å². The van der Waals surface area contributed by atoms with E-state index in [0.717, 1.165) is 16.7 Å². The van der Waals surface area contributed by atoms with Crippen LogP contribution in [0, 0.1) is 0 Å². The Hall–Kier alpha value is -1.05. The van der Waals surface area contributed by atoms with Crippen molar-refractivity contribution in [3.63, 3.8) is 0 Å². The molecule has 0 spiro atoms. The lowest BCUT2D eigenvalue weighted by molar-refractivity contribution is -0.681. The first kappa shape index (κ1) is 23.0. The summed E-state index contributed by atoms with van der Waals surface area (Å²) in [4.78, 5) is 0. The molecule has 0 N–H and O–H groups in total. The Morgan fingerprint density at radius 3 is 1.73 bits per heavy atom. The number of nitrogens with zero attached hydrogens (tertiary/aromatic N) is 2. The Bertz CT molecular complexity index is 755. The Balaban J connectivity index is 4.07. The third-order valence-electron chi connectivity index (χ3n) is 4.51. The molecule has 1 unspecified atom stereocenters. The first-order chi connectivity index (χ1) is 11.4. The van der Waals surface area contributed by atoms with Crippen molar-refractivity contribution < 1.29 is 47.9 Å². The van der Waals surface area contributed by atoms with Gasteiger partial charge in [0.25, 0.3) is 23.8 Å². The summed E-state index contributed by atoms with van der Waals surface area (Å²) < 4.78 is 125. The Labute approximate surface area is 147 Å². The normalized spacial score (nSPS) is 22.2. The maximum absolute atomic E-state index is 13.2. The third kappa shape index (κ3) is 2.79. The largest absolute Gasteiger partial charge is 0.499 e. The van der Waals surface area contributed by atoms with Crippen molar-refractivity contribution in [2.45, 2.75) is 54.8 Å². The number of hydrazine groups is 1. The number of rotatable bonds is 5. The van der Waals surface area contributed by atoms with Crippen LogP contribution in [-0.2, 0) is 19.7 Å². The summed E-state index contributed by atoms with van der Waals surface area (Å²) in [5.74, 6) is 0. The van der Waals surface area contributed by atoms with Crippen molar-refractivity contribution in [2.75, 3.05) is 13.6 Å². The van der Waals surface area contributed by atoms with E-state index < -0.39 is 46.5 Å². The molecule has 0 radical (unpaired) electrons. The van der Waals surface area contributed by atoms with Gasteiger partial charge < -0.3 is 0 Å². The highest BCUT2D eigenvalue weighted by Gasteiger charge is 2.82. The lowest BCUT2D eigenvalue weighted by Gasteiger charge is -2.31. The zero-order valence-corrected chi connectivity index (χ0v) is 15.9. The van der Waals surface area contributed by atoms with Gasteiger partial charge in [0, 0.05) is 13.3 Å². The second-order valence-electron chi connectivity index (χ2n) is 5.88. The van der Waals surface area contributed by atoms with Crippen LogP contribution >= 0.6 is 0 Å². The molecule has 0 aliphatic carbocycles. The molecular formula is C12H19F6N2O4S2+. The van der Waals surface area contributed by atoms with Gasteiger partial charge >= 0.3 is 11.0 Å². The predicted molar refractivity (Wildman–Crippen MR) is 80.6 cm³/mol. The highest BCUT2D eigenvalue weighted by Crippen LogP contribution is 2.49. The molecule has 0 aromatic carbocycles. The molecule has 0 bridgehead atoms. The molecule has 0 aromatic rings. The van der Waals surface area contributed by atoms with Gasteiger partial charge in [-0.05, 0) is 6.92 Å². The van der Waals surface area contributed by atoms with Gasteiger partial charge in [-0.25, -0.2) is 16.8 Å². The van der Waals surface area contributed by atoms with Crippen LogP contribution < -0.4 is 0 Å². The van der Waals surface area contributed by atoms with Crippen molar-refractivity contribution in [3.05, 3.63) is 0 Å². The van der Waals surface area contributed by atoms with Crippen molar-refractivity contribution in [1.29, 1.82) is 0 Å². The second kappa shape index (κ2) is 6.53. The van der Waals surface area contributed by atoms with Crippen LogP contribution in [0.2, 0.25) is 0 Å². The highest BCUT2D eigenvalue weighted by molar-refractivity contribution is 8.12. The molecule has 6 nitrogen and oxygen atoms in total. The molecule has 1 rings (SSSR count). The van der Waals surface area contributed by atoms with Crippen molar-refractivity contribution in [3.8, 4) is 0 Å². The van der Waals surface area contributed by atoms with Gasteiger partial charge in [0.15, 0.2) is 6.54 Å². The number of halogens is 6. The highest BCUT2D eigenvalue weighted by atomic mass is 32.3. The summed E-state index contributed by atoms with van der Waals surface area (Å²) in [6, 6.07) is -2.15. The van der Waals surface area contributed by atoms with E-state index in [-0.39, 0.29) is 6.54 Å².